The van der Waals surface area contributed by atoms with E-state index in [1.54, 1.807) is 0 Å². The molecule has 0 spiro atoms. The number of nitro groups is 1. The van der Waals surface area contributed by atoms with Crippen LogP contribution in [-0.2, 0) is 14.3 Å². The van der Waals surface area contributed by atoms with E-state index in [-0.39, 0.29) is 36.3 Å². The summed E-state index contributed by atoms with van der Waals surface area (Å²) in [6.45, 7) is 0.0750. The number of nitrogens with one attached hydrogen (secondary N) is 1. The predicted octanol–water partition coefficient (Wildman–Crippen LogP) is 1.04. The highest BCUT2D eigenvalue weighted by Gasteiger charge is 2.08. The molecule has 0 unspecified atom stereocenters. The molecule has 0 fully saturated rings. The van der Waals surface area contributed by atoms with E-state index in [9.17, 15) is 19.7 Å². The van der Waals surface area contributed by atoms with E-state index in [2.05, 4.69) is 10.1 Å². The maximum Gasteiger partial charge on any atom is 0.305 e. The Morgan fingerprint density at radius 3 is 2.81 bits per heavy atom. The molecule has 0 saturated carbocycles. The van der Waals surface area contributed by atoms with Gasteiger partial charge in [0.15, 0.2) is 6.61 Å². The van der Waals surface area contributed by atoms with Crippen LogP contribution in [0.15, 0.2) is 24.3 Å². The first-order valence-electron chi connectivity index (χ1n) is 6.23. The zero-order valence-electron chi connectivity index (χ0n) is 11.5. The molecule has 1 N–H and O–H groups in total. The summed E-state index contributed by atoms with van der Waals surface area (Å²) in [6.07, 6.45) is 0.692. The monoisotopic (exact) mass is 296 g/mol. The zero-order valence-corrected chi connectivity index (χ0v) is 11.5. The minimum Gasteiger partial charge on any atom is -0.484 e. The number of hydrogen-bond acceptors (Lipinski definition) is 6. The van der Waals surface area contributed by atoms with Crippen molar-refractivity contribution in [2.75, 3.05) is 20.3 Å². The van der Waals surface area contributed by atoms with Crippen LogP contribution in [0.3, 0.4) is 0 Å². The van der Waals surface area contributed by atoms with Gasteiger partial charge in [-0.25, -0.2) is 0 Å². The molecule has 0 aliphatic rings. The van der Waals surface area contributed by atoms with Crippen LogP contribution < -0.4 is 10.1 Å². The van der Waals surface area contributed by atoms with Gasteiger partial charge in [0.2, 0.25) is 0 Å². The smallest absolute Gasteiger partial charge is 0.305 e. The van der Waals surface area contributed by atoms with E-state index < -0.39 is 4.92 Å². The van der Waals surface area contributed by atoms with Crippen LogP contribution in [0.25, 0.3) is 0 Å². The average Bonchev–Trinajstić information content (AvgIpc) is 2.49. The first kappa shape index (κ1) is 16.4. The Morgan fingerprint density at radius 1 is 1.38 bits per heavy atom. The van der Waals surface area contributed by atoms with E-state index in [4.69, 9.17) is 4.74 Å². The summed E-state index contributed by atoms with van der Waals surface area (Å²) in [5.41, 5.74) is -0.106. The van der Waals surface area contributed by atoms with Gasteiger partial charge in [-0.1, -0.05) is 6.07 Å². The Morgan fingerprint density at radius 2 is 2.14 bits per heavy atom. The molecule has 0 bridgehead atoms. The molecule has 8 nitrogen and oxygen atoms in total. The summed E-state index contributed by atoms with van der Waals surface area (Å²) in [6, 6.07) is 5.57. The third-order valence-corrected chi connectivity index (χ3v) is 2.51. The van der Waals surface area contributed by atoms with Crippen LogP contribution in [0.2, 0.25) is 0 Å². The largest absolute Gasteiger partial charge is 0.484 e. The maximum absolute atomic E-state index is 11.5. The first-order chi connectivity index (χ1) is 10.0. The Hall–Kier alpha value is -2.64. The fourth-order valence-corrected chi connectivity index (χ4v) is 1.45. The number of carbonyl (C=O) groups is 2. The second-order valence-corrected chi connectivity index (χ2v) is 4.07. The second-order valence-electron chi connectivity index (χ2n) is 4.07. The lowest BCUT2D eigenvalue weighted by Gasteiger charge is -2.07. The third-order valence-electron chi connectivity index (χ3n) is 2.51. The number of nitro benzene ring substituents is 1. The normalized spacial score (nSPS) is 9.76. The maximum atomic E-state index is 11.5. The molecule has 0 aliphatic heterocycles. The van der Waals surface area contributed by atoms with Crippen molar-refractivity contribution >= 4 is 17.6 Å². The standard InChI is InChI=1S/C13H16N2O6/c1-20-13(17)6-3-7-14-12(16)9-21-11-5-2-4-10(8-11)15(18)19/h2,4-5,8H,3,6-7,9H2,1H3,(H,14,16). The highest BCUT2D eigenvalue weighted by Crippen LogP contribution is 2.18. The van der Waals surface area contributed by atoms with E-state index in [0.717, 1.165) is 0 Å². The van der Waals surface area contributed by atoms with Gasteiger partial charge >= 0.3 is 5.97 Å². The van der Waals surface area contributed by atoms with Gasteiger partial charge in [-0.3, -0.25) is 19.7 Å². The van der Waals surface area contributed by atoms with Crippen molar-refractivity contribution in [3.63, 3.8) is 0 Å². The molecular formula is C13H16N2O6. The number of amides is 1. The first-order valence-corrected chi connectivity index (χ1v) is 6.23. The van der Waals surface area contributed by atoms with Crippen molar-refractivity contribution in [2.45, 2.75) is 12.8 Å². The van der Waals surface area contributed by atoms with Crippen LogP contribution in [-0.4, -0.2) is 37.1 Å². The molecule has 0 atom stereocenters. The van der Waals surface area contributed by atoms with Gasteiger partial charge < -0.3 is 14.8 Å². The van der Waals surface area contributed by atoms with Crippen LogP contribution in [0, 0.1) is 10.1 Å². The van der Waals surface area contributed by atoms with Crippen molar-refractivity contribution in [3.05, 3.63) is 34.4 Å². The summed E-state index contributed by atoms with van der Waals surface area (Å²) >= 11 is 0. The lowest BCUT2D eigenvalue weighted by molar-refractivity contribution is -0.384. The highest BCUT2D eigenvalue weighted by molar-refractivity contribution is 5.77. The van der Waals surface area contributed by atoms with E-state index in [1.165, 1.54) is 31.4 Å². The lowest BCUT2D eigenvalue weighted by atomic mass is 10.3. The number of ether oxygens (including phenoxy) is 2. The van der Waals surface area contributed by atoms with Crippen LogP contribution >= 0.6 is 0 Å². The molecule has 1 rings (SSSR count). The van der Waals surface area contributed by atoms with Crippen LogP contribution in [0.4, 0.5) is 5.69 Å². The summed E-state index contributed by atoms with van der Waals surface area (Å²) in [5.74, 6) is -0.461. The van der Waals surface area contributed by atoms with E-state index in [1.807, 2.05) is 0 Å². The number of non-ortho nitro benzene ring substituents is 1. The average molecular weight is 296 g/mol. The van der Waals surface area contributed by atoms with E-state index in [0.29, 0.717) is 13.0 Å². The van der Waals surface area contributed by atoms with Gasteiger partial charge in [0.1, 0.15) is 5.75 Å². The van der Waals surface area contributed by atoms with Gasteiger partial charge in [-0.05, 0) is 12.5 Å². The molecule has 0 saturated heterocycles. The molecule has 21 heavy (non-hydrogen) atoms. The van der Waals surface area contributed by atoms with Crippen molar-refractivity contribution < 1.29 is 24.0 Å². The van der Waals surface area contributed by atoms with Crippen LogP contribution in [0.1, 0.15) is 12.8 Å². The number of carbonyl (C=O) groups excluding carboxylic acids is 2. The fraction of sp³-hybridized carbons (Fsp3) is 0.385. The van der Waals surface area contributed by atoms with Gasteiger partial charge in [-0.2, -0.15) is 0 Å². The molecular weight excluding hydrogens is 280 g/mol. The summed E-state index contributed by atoms with van der Waals surface area (Å²) < 4.78 is 9.61. The van der Waals surface area contributed by atoms with Crippen molar-refractivity contribution in [2.24, 2.45) is 0 Å². The number of hydrogen-bond donors (Lipinski definition) is 1. The second kappa shape index (κ2) is 8.51. The number of benzene rings is 1. The SMILES string of the molecule is COC(=O)CCCNC(=O)COc1cccc([N+](=O)[O-])c1. The molecule has 114 valence electrons. The fourth-order valence-electron chi connectivity index (χ4n) is 1.45. The number of nitrogens with zero attached hydrogens (tertiary/aromatic N) is 1. The van der Waals surface area contributed by atoms with Gasteiger partial charge in [0, 0.05) is 19.0 Å². The quantitative estimate of drug-likeness (QED) is 0.332. The minimum absolute atomic E-state index is 0.106. The zero-order chi connectivity index (χ0) is 15.7. The predicted molar refractivity (Wildman–Crippen MR) is 72.9 cm³/mol. The molecule has 1 aromatic rings. The molecule has 0 heterocycles. The molecule has 1 aromatic carbocycles. The van der Waals surface area contributed by atoms with E-state index >= 15 is 0 Å². The molecule has 0 aromatic heterocycles. The summed E-state index contributed by atoms with van der Waals surface area (Å²) in [4.78, 5) is 32.3. The summed E-state index contributed by atoms with van der Waals surface area (Å²) in [7, 11) is 1.30. The van der Waals surface area contributed by atoms with Crippen molar-refractivity contribution in [1.82, 2.24) is 5.32 Å². The Balaban J connectivity index is 2.28. The minimum atomic E-state index is -0.542. The summed E-state index contributed by atoms with van der Waals surface area (Å²) in [5, 5.41) is 13.1. The van der Waals surface area contributed by atoms with Crippen molar-refractivity contribution in [3.8, 4) is 5.75 Å². The number of esters is 1. The number of rotatable bonds is 8. The Bertz CT molecular complexity index is 517. The van der Waals surface area contributed by atoms with Crippen LogP contribution in [0.5, 0.6) is 5.75 Å². The molecule has 8 heteroatoms. The highest BCUT2D eigenvalue weighted by atomic mass is 16.6. The van der Waals surface area contributed by atoms with Gasteiger partial charge in [0.05, 0.1) is 18.1 Å². The number of methoxy groups -OCH3 is 1. The Kier molecular flexibility index (Phi) is 6.66. The lowest BCUT2D eigenvalue weighted by Crippen LogP contribution is -2.30. The molecule has 0 radical (unpaired) electrons. The molecule has 0 aliphatic carbocycles. The van der Waals surface area contributed by atoms with Gasteiger partial charge in [0.25, 0.3) is 11.6 Å². The van der Waals surface area contributed by atoms with Gasteiger partial charge in [-0.15, -0.1) is 0 Å². The topological polar surface area (TPSA) is 108 Å². The Labute approximate surface area is 121 Å². The molecule has 1 amide bonds. The van der Waals surface area contributed by atoms with Crippen molar-refractivity contribution in [1.29, 1.82) is 0 Å². The third kappa shape index (κ3) is 6.37.